The number of carbonyl (C=O) groups excluding carboxylic acids is 1. The molecule has 144 valence electrons. The van der Waals surface area contributed by atoms with E-state index in [9.17, 15) is 14.9 Å². The zero-order valence-electron chi connectivity index (χ0n) is 15.0. The highest BCUT2D eigenvalue weighted by atomic mass is 32.1. The number of nitro benzene ring substituents is 1. The molecule has 8 nitrogen and oxygen atoms in total. The van der Waals surface area contributed by atoms with Crippen LogP contribution >= 0.6 is 11.3 Å². The van der Waals surface area contributed by atoms with E-state index in [-0.39, 0.29) is 18.2 Å². The Labute approximate surface area is 164 Å². The first kappa shape index (κ1) is 19.3. The molecule has 2 aromatic carbocycles. The minimum absolute atomic E-state index is 0.0422. The molecule has 0 aliphatic rings. The van der Waals surface area contributed by atoms with Crippen molar-refractivity contribution in [3.8, 4) is 22.8 Å². The van der Waals surface area contributed by atoms with Gasteiger partial charge in [-0.1, -0.05) is 12.1 Å². The predicted octanol–water partition coefficient (Wildman–Crippen LogP) is 4.13. The zero-order valence-corrected chi connectivity index (χ0v) is 15.8. The smallest absolute Gasteiger partial charge is 0.269 e. The van der Waals surface area contributed by atoms with E-state index >= 15 is 0 Å². The van der Waals surface area contributed by atoms with Crippen LogP contribution < -0.4 is 14.8 Å². The molecule has 3 rings (SSSR count). The Balaban J connectivity index is 1.59. The fraction of sp³-hybridized carbons (Fsp3) is 0.158. The highest BCUT2D eigenvalue weighted by molar-refractivity contribution is 7.14. The van der Waals surface area contributed by atoms with Crippen LogP contribution in [0.1, 0.15) is 6.92 Å². The van der Waals surface area contributed by atoms with Crippen LogP contribution in [-0.4, -0.2) is 29.0 Å². The van der Waals surface area contributed by atoms with Crippen molar-refractivity contribution < 1.29 is 19.2 Å². The minimum Gasteiger partial charge on any atom is -0.493 e. The van der Waals surface area contributed by atoms with Gasteiger partial charge in [0.1, 0.15) is 11.5 Å². The molecule has 0 saturated carbocycles. The Bertz CT molecular complexity index is 972. The number of hydrogen-bond donors (Lipinski definition) is 1. The summed E-state index contributed by atoms with van der Waals surface area (Å²) in [5, 5.41) is 15.6. The summed E-state index contributed by atoms with van der Waals surface area (Å²) in [6.45, 7) is 2.22. The van der Waals surface area contributed by atoms with E-state index in [1.54, 1.807) is 0 Å². The second kappa shape index (κ2) is 8.96. The lowest BCUT2D eigenvalue weighted by atomic mass is 10.1. The van der Waals surface area contributed by atoms with E-state index in [1.807, 2.05) is 36.6 Å². The van der Waals surface area contributed by atoms with Gasteiger partial charge in [0.25, 0.3) is 11.6 Å². The molecule has 3 aromatic rings. The Kier molecular flexibility index (Phi) is 6.18. The van der Waals surface area contributed by atoms with Gasteiger partial charge in [-0.25, -0.2) is 4.98 Å². The van der Waals surface area contributed by atoms with E-state index in [0.29, 0.717) is 23.2 Å². The lowest BCUT2D eigenvalue weighted by molar-refractivity contribution is -0.384. The van der Waals surface area contributed by atoms with Gasteiger partial charge in [0.05, 0.1) is 17.2 Å². The van der Waals surface area contributed by atoms with Gasteiger partial charge in [0.2, 0.25) is 0 Å². The minimum atomic E-state index is -0.500. The standard InChI is InChI=1S/C19H17N3O5S/c1-2-26-17-6-4-3-5-15(17)16-12-28-19(20-16)21-18(23)11-27-14-9-7-13(8-10-14)22(24)25/h3-10,12H,2,11H2,1H3,(H,20,21,23). The second-order valence-electron chi connectivity index (χ2n) is 5.55. The summed E-state index contributed by atoms with van der Waals surface area (Å²) in [6, 6.07) is 13.1. The normalized spacial score (nSPS) is 10.3. The molecular weight excluding hydrogens is 382 g/mol. The van der Waals surface area contributed by atoms with Crippen molar-refractivity contribution in [2.75, 3.05) is 18.5 Å². The summed E-state index contributed by atoms with van der Waals surface area (Å²) in [4.78, 5) is 26.6. The van der Waals surface area contributed by atoms with Crippen LogP contribution in [0.4, 0.5) is 10.8 Å². The SMILES string of the molecule is CCOc1ccccc1-c1csc(NC(=O)COc2ccc([N+](=O)[O-])cc2)n1. The number of anilines is 1. The maximum Gasteiger partial charge on any atom is 0.269 e. The van der Waals surface area contributed by atoms with Crippen LogP contribution in [0.3, 0.4) is 0 Å². The van der Waals surface area contributed by atoms with Crippen molar-refractivity contribution in [3.05, 3.63) is 64.0 Å². The van der Waals surface area contributed by atoms with Gasteiger partial charge in [0, 0.05) is 23.1 Å². The third-order valence-corrected chi connectivity index (χ3v) is 4.39. The number of nitrogens with zero attached hydrogens (tertiary/aromatic N) is 2. The second-order valence-corrected chi connectivity index (χ2v) is 6.41. The largest absolute Gasteiger partial charge is 0.493 e. The fourth-order valence-electron chi connectivity index (χ4n) is 2.38. The van der Waals surface area contributed by atoms with Crippen LogP contribution in [0.15, 0.2) is 53.9 Å². The zero-order chi connectivity index (χ0) is 19.9. The quantitative estimate of drug-likeness (QED) is 0.451. The van der Waals surface area contributed by atoms with Crippen molar-refractivity contribution in [2.24, 2.45) is 0 Å². The molecule has 28 heavy (non-hydrogen) atoms. The number of non-ortho nitro benzene ring substituents is 1. The van der Waals surface area contributed by atoms with Crippen molar-refractivity contribution in [1.29, 1.82) is 0 Å². The average molecular weight is 399 g/mol. The number of nitro groups is 1. The van der Waals surface area contributed by atoms with Gasteiger partial charge in [-0.2, -0.15) is 0 Å². The third-order valence-electron chi connectivity index (χ3n) is 3.63. The highest BCUT2D eigenvalue weighted by Crippen LogP contribution is 2.32. The Morgan fingerprint density at radius 2 is 1.93 bits per heavy atom. The monoisotopic (exact) mass is 399 g/mol. The van der Waals surface area contributed by atoms with Crippen LogP contribution in [0.5, 0.6) is 11.5 Å². The molecule has 0 fully saturated rings. The lowest BCUT2D eigenvalue weighted by Crippen LogP contribution is -2.20. The number of benzene rings is 2. The summed E-state index contributed by atoms with van der Waals surface area (Å²) >= 11 is 1.30. The molecule has 0 aliphatic carbocycles. The summed E-state index contributed by atoms with van der Waals surface area (Å²) < 4.78 is 10.9. The van der Waals surface area contributed by atoms with Crippen molar-refractivity contribution >= 4 is 28.1 Å². The maximum atomic E-state index is 12.1. The van der Waals surface area contributed by atoms with E-state index in [0.717, 1.165) is 11.3 Å². The number of para-hydroxylation sites is 1. The predicted molar refractivity (Wildman–Crippen MR) is 106 cm³/mol. The molecule has 1 amide bonds. The molecular formula is C19H17N3O5S. The van der Waals surface area contributed by atoms with Crippen molar-refractivity contribution in [1.82, 2.24) is 4.98 Å². The molecule has 9 heteroatoms. The Morgan fingerprint density at radius 3 is 2.64 bits per heavy atom. The molecule has 0 radical (unpaired) electrons. The fourth-order valence-corrected chi connectivity index (χ4v) is 3.11. The van der Waals surface area contributed by atoms with E-state index in [4.69, 9.17) is 9.47 Å². The molecule has 1 heterocycles. The average Bonchev–Trinajstić information content (AvgIpc) is 3.15. The number of thiazole rings is 1. The van der Waals surface area contributed by atoms with Gasteiger partial charge >= 0.3 is 0 Å². The van der Waals surface area contributed by atoms with Gasteiger partial charge < -0.3 is 9.47 Å². The van der Waals surface area contributed by atoms with Gasteiger partial charge in [-0.15, -0.1) is 11.3 Å². The van der Waals surface area contributed by atoms with Gasteiger partial charge in [-0.05, 0) is 31.2 Å². The first-order chi connectivity index (χ1) is 13.6. The Morgan fingerprint density at radius 1 is 1.18 bits per heavy atom. The summed E-state index contributed by atoms with van der Waals surface area (Å²) in [7, 11) is 0. The number of carbonyl (C=O) groups is 1. The topological polar surface area (TPSA) is 104 Å². The van der Waals surface area contributed by atoms with E-state index in [1.165, 1.54) is 35.6 Å². The van der Waals surface area contributed by atoms with E-state index in [2.05, 4.69) is 10.3 Å². The van der Waals surface area contributed by atoms with Crippen molar-refractivity contribution in [2.45, 2.75) is 6.92 Å². The van der Waals surface area contributed by atoms with Crippen molar-refractivity contribution in [3.63, 3.8) is 0 Å². The molecule has 0 unspecified atom stereocenters. The molecule has 1 aromatic heterocycles. The molecule has 0 atom stereocenters. The third kappa shape index (κ3) is 4.83. The first-order valence-electron chi connectivity index (χ1n) is 8.41. The van der Waals surface area contributed by atoms with Gasteiger partial charge in [0.15, 0.2) is 11.7 Å². The number of hydrogen-bond acceptors (Lipinski definition) is 7. The Hall–Kier alpha value is -3.46. The van der Waals surface area contributed by atoms with Gasteiger partial charge in [-0.3, -0.25) is 20.2 Å². The van der Waals surface area contributed by atoms with Crippen LogP contribution in [-0.2, 0) is 4.79 Å². The van der Waals surface area contributed by atoms with Crippen LogP contribution in [0.2, 0.25) is 0 Å². The number of ether oxygens (including phenoxy) is 2. The molecule has 1 N–H and O–H groups in total. The molecule has 0 spiro atoms. The van der Waals surface area contributed by atoms with Crippen LogP contribution in [0.25, 0.3) is 11.3 Å². The van der Waals surface area contributed by atoms with E-state index < -0.39 is 4.92 Å². The highest BCUT2D eigenvalue weighted by Gasteiger charge is 2.12. The number of amides is 1. The lowest BCUT2D eigenvalue weighted by Gasteiger charge is -2.07. The molecule has 0 aliphatic heterocycles. The van der Waals surface area contributed by atoms with Crippen LogP contribution in [0, 0.1) is 10.1 Å². The summed E-state index contributed by atoms with van der Waals surface area (Å²) in [6.07, 6.45) is 0. The molecule has 0 saturated heterocycles. The number of rotatable bonds is 8. The maximum absolute atomic E-state index is 12.1. The number of aromatic nitrogens is 1. The first-order valence-corrected chi connectivity index (χ1v) is 9.29. The number of nitrogens with one attached hydrogen (secondary N) is 1. The summed E-state index contributed by atoms with van der Waals surface area (Å²) in [5.74, 6) is 0.721. The summed E-state index contributed by atoms with van der Waals surface area (Å²) in [5.41, 5.74) is 1.52. The molecule has 0 bridgehead atoms.